The van der Waals surface area contributed by atoms with Crippen LogP contribution in [0.5, 0.6) is 0 Å². The summed E-state index contributed by atoms with van der Waals surface area (Å²) < 4.78 is 9.92. The summed E-state index contributed by atoms with van der Waals surface area (Å²) in [5.74, 6) is 4.00. The predicted octanol–water partition coefficient (Wildman–Crippen LogP) is 2.74. The Labute approximate surface area is 163 Å². The van der Waals surface area contributed by atoms with Gasteiger partial charge in [0.1, 0.15) is 0 Å². The highest BCUT2D eigenvalue weighted by atomic mass is 16.5. The molecule has 0 heterocycles. The molecule has 2 unspecified atom stereocenters. The Kier molecular flexibility index (Phi) is 4.06. The number of hydrogen-bond donors (Lipinski definition) is 0. The van der Waals surface area contributed by atoms with E-state index in [0.29, 0.717) is 22.3 Å². The van der Waals surface area contributed by atoms with Crippen LogP contribution in [0, 0.1) is 36.5 Å². The fourth-order valence-electron chi connectivity index (χ4n) is 4.30. The Morgan fingerprint density at radius 1 is 0.821 bits per heavy atom. The number of methoxy groups -OCH3 is 2. The van der Waals surface area contributed by atoms with Crippen LogP contribution in [0.25, 0.3) is 0 Å². The number of hydrogen-bond acceptors (Lipinski definition) is 4. The first-order chi connectivity index (χ1) is 13.5. The first-order valence-corrected chi connectivity index (χ1v) is 8.67. The standard InChI is InChI=1S/C24H16O4/c1-5-13-11-19(23(25)27-3)17-9-10-18-20(24(26)28-4)12-14(6-2)16-8-7-15(13)21(17)22(16)18/h1-2,7-12,21-22H,3-4H3. The number of carbonyl (C=O) groups is 2. The summed E-state index contributed by atoms with van der Waals surface area (Å²) in [5, 5.41) is 0. The molecule has 28 heavy (non-hydrogen) atoms. The first kappa shape index (κ1) is 17.6. The zero-order valence-electron chi connectivity index (χ0n) is 15.4. The van der Waals surface area contributed by atoms with Crippen LogP contribution in [0.15, 0.2) is 81.0 Å². The number of carbonyl (C=O) groups excluding carboxylic acids is 2. The van der Waals surface area contributed by atoms with Gasteiger partial charge >= 0.3 is 11.9 Å². The SMILES string of the molecule is C#CC1=C2C=CC3=C(C#C)C=C(C(=O)OC)C4=CC=C(C(C(=O)OC)=C1)C2C43. The van der Waals surface area contributed by atoms with Crippen LogP contribution in [0.2, 0.25) is 0 Å². The van der Waals surface area contributed by atoms with Gasteiger partial charge in [0.15, 0.2) is 0 Å². The molecule has 4 heteroatoms. The fourth-order valence-corrected chi connectivity index (χ4v) is 4.30. The molecule has 0 amide bonds. The van der Waals surface area contributed by atoms with E-state index in [0.717, 1.165) is 22.3 Å². The maximum absolute atomic E-state index is 12.4. The molecule has 4 rings (SSSR count). The van der Waals surface area contributed by atoms with Crippen LogP contribution in [0.4, 0.5) is 0 Å². The van der Waals surface area contributed by atoms with E-state index in [9.17, 15) is 9.59 Å². The molecule has 4 aliphatic carbocycles. The number of allylic oxidation sites excluding steroid dienone is 10. The first-order valence-electron chi connectivity index (χ1n) is 8.67. The Balaban J connectivity index is 2.03. The molecule has 0 radical (unpaired) electrons. The maximum Gasteiger partial charge on any atom is 0.338 e. The number of terminal acetylenes is 2. The second kappa shape index (κ2) is 6.44. The molecule has 0 bridgehead atoms. The van der Waals surface area contributed by atoms with Gasteiger partial charge in [0.2, 0.25) is 0 Å². The summed E-state index contributed by atoms with van der Waals surface area (Å²) >= 11 is 0. The third-order valence-electron chi connectivity index (χ3n) is 5.50. The molecule has 0 aromatic heterocycles. The van der Waals surface area contributed by atoms with E-state index in [1.54, 1.807) is 12.2 Å². The van der Waals surface area contributed by atoms with E-state index in [1.165, 1.54) is 14.2 Å². The lowest BCUT2D eigenvalue weighted by molar-refractivity contribution is -0.136. The molecule has 136 valence electrons. The van der Waals surface area contributed by atoms with Gasteiger partial charge in [0.25, 0.3) is 0 Å². The molecule has 0 aliphatic heterocycles. The highest BCUT2D eigenvalue weighted by molar-refractivity contribution is 5.99. The van der Waals surface area contributed by atoms with E-state index in [2.05, 4.69) is 11.8 Å². The van der Waals surface area contributed by atoms with Crippen molar-refractivity contribution < 1.29 is 19.1 Å². The van der Waals surface area contributed by atoms with Crippen molar-refractivity contribution in [2.24, 2.45) is 11.8 Å². The van der Waals surface area contributed by atoms with Crippen molar-refractivity contribution in [3.63, 3.8) is 0 Å². The highest BCUT2D eigenvalue weighted by Crippen LogP contribution is 2.53. The largest absolute Gasteiger partial charge is 0.465 e. The van der Waals surface area contributed by atoms with Crippen LogP contribution >= 0.6 is 0 Å². The monoisotopic (exact) mass is 368 g/mol. The average Bonchev–Trinajstić information content (AvgIpc) is 2.75. The summed E-state index contributed by atoms with van der Waals surface area (Å²) in [4.78, 5) is 24.8. The molecule has 0 saturated heterocycles. The summed E-state index contributed by atoms with van der Waals surface area (Å²) in [5.41, 5.74) is 5.53. The minimum Gasteiger partial charge on any atom is -0.465 e. The topological polar surface area (TPSA) is 52.6 Å². The van der Waals surface area contributed by atoms with Gasteiger partial charge in [-0.3, -0.25) is 0 Å². The summed E-state index contributed by atoms with van der Waals surface area (Å²) in [7, 11) is 2.67. The molecule has 0 N–H and O–H groups in total. The Hall–Kier alpha value is -3.76. The minimum atomic E-state index is -0.452. The molecule has 0 spiro atoms. The summed E-state index contributed by atoms with van der Waals surface area (Å²) in [6.07, 6.45) is 22.4. The Bertz CT molecular complexity index is 1040. The zero-order valence-corrected chi connectivity index (χ0v) is 15.4. The quantitative estimate of drug-likeness (QED) is 0.556. The van der Waals surface area contributed by atoms with Crippen LogP contribution in [-0.4, -0.2) is 26.2 Å². The highest BCUT2D eigenvalue weighted by Gasteiger charge is 2.45. The van der Waals surface area contributed by atoms with Gasteiger partial charge in [-0.05, 0) is 34.4 Å². The maximum atomic E-state index is 12.4. The van der Waals surface area contributed by atoms with E-state index < -0.39 is 11.9 Å². The lowest BCUT2D eigenvalue weighted by atomic mass is 9.60. The van der Waals surface area contributed by atoms with Crippen LogP contribution in [-0.2, 0) is 19.1 Å². The zero-order chi connectivity index (χ0) is 20.0. The second-order valence-electron chi connectivity index (χ2n) is 6.66. The molecule has 0 aromatic carbocycles. The van der Waals surface area contributed by atoms with Gasteiger partial charge in [0, 0.05) is 23.0 Å². The Morgan fingerprint density at radius 2 is 1.21 bits per heavy atom. The van der Waals surface area contributed by atoms with Gasteiger partial charge in [-0.2, -0.15) is 0 Å². The lowest BCUT2D eigenvalue weighted by Crippen LogP contribution is -2.35. The molecule has 0 fully saturated rings. The van der Waals surface area contributed by atoms with Gasteiger partial charge in [-0.1, -0.05) is 36.1 Å². The summed E-state index contributed by atoms with van der Waals surface area (Å²) in [6, 6.07) is 0. The molecule has 0 saturated carbocycles. The van der Waals surface area contributed by atoms with Gasteiger partial charge in [-0.15, -0.1) is 12.8 Å². The van der Waals surface area contributed by atoms with Gasteiger partial charge in [0.05, 0.1) is 25.4 Å². The summed E-state index contributed by atoms with van der Waals surface area (Å²) in [6.45, 7) is 0. The number of rotatable bonds is 2. The van der Waals surface area contributed by atoms with Crippen molar-refractivity contribution in [1.82, 2.24) is 0 Å². The smallest absolute Gasteiger partial charge is 0.338 e. The fraction of sp³-hybridized carbons (Fsp3) is 0.167. The third-order valence-corrected chi connectivity index (χ3v) is 5.50. The molecular weight excluding hydrogens is 352 g/mol. The normalized spacial score (nSPS) is 24.0. The van der Waals surface area contributed by atoms with E-state index in [1.807, 2.05) is 24.3 Å². The van der Waals surface area contributed by atoms with Gasteiger partial charge < -0.3 is 9.47 Å². The van der Waals surface area contributed by atoms with E-state index in [4.69, 9.17) is 22.3 Å². The second-order valence-corrected chi connectivity index (χ2v) is 6.66. The van der Waals surface area contributed by atoms with Crippen molar-refractivity contribution in [1.29, 1.82) is 0 Å². The van der Waals surface area contributed by atoms with Crippen LogP contribution < -0.4 is 0 Å². The van der Waals surface area contributed by atoms with E-state index >= 15 is 0 Å². The number of esters is 2. The molecule has 4 nitrogen and oxygen atoms in total. The van der Waals surface area contributed by atoms with Crippen LogP contribution in [0.3, 0.4) is 0 Å². The number of ether oxygens (including phenoxy) is 2. The third kappa shape index (κ3) is 2.29. The lowest BCUT2D eigenvalue weighted by Gasteiger charge is -2.42. The van der Waals surface area contributed by atoms with Gasteiger partial charge in [-0.25, -0.2) is 9.59 Å². The predicted molar refractivity (Wildman–Crippen MR) is 104 cm³/mol. The van der Waals surface area contributed by atoms with E-state index in [-0.39, 0.29) is 11.8 Å². The van der Waals surface area contributed by atoms with Crippen molar-refractivity contribution in [3.05, 3.63) is 81.0 Å². The Morgan fingerprint density at radius 3 is 1.54 bits per heavy atom. The van der Waals surface area contributed by atoms with Crippen molar-refractivity contribution in [3.8, 4) is 24.7 Å². The minimum absolute atomic E-state index is 0.221. The molecule has 0 aromatic rings. The van der Waals surface area contributed by atoms with Crippen molar-refractivity contribution in [2.45, 2.75) is 0 Å². The van der Waals surface area contributed by atoms with Crippen molar-refractivity contribution >= 4 is 11.9 Å². The molecule has 2 atom stereocenters. The van der Waals surface area contributed by atoms with Crippen molar-refractivity contribution in [2.75, 3.05) is 14.2 Å². The van der Waals surface area contributed by atoms with Crippen LogP contribution in [0.1, 0.15) is 0 Å². The average molecular weight is 368 g/mol. The molecular formula is C24H16O4. The molecule has 4 aliphatic rings.